The zero-order valence-electron chi connectivity index (χ0n) is 23.7. The summed E-state index contributed by atoms with van der Waals surface area (Å²) in [6.45, 7) is 3.30. The number of phenolic OH excluding ortho intramolecular Hbond substituents is 1. The van der Waals surface area contributed by atoms with E-state index < -0.39 is 11.6 Å². The third kappa shape index (κ3) is 6.58. The minimum atomic E-state index is -0.798. The minimum Gasteiger partial charge on any atom is -0.504 e. The molecule has 5 rings (SSSR count). The molecule has 3 fully saturated rings. The molecule has 7 nitrogen and oxygen atoms in total. The van der Waals surface area contributed by atoms with Crippen LogP contribution in [0.4, 0.5) is 0 Å². The first-order chi connectivity index (χ1) is 19.2. The molecular weight excluding hydrogens is 504 g/mol. The van der Waals surface area contributed by atoms with Gasteiger partial charge in [0.05, 0.1) is 5.60 Å². The highest BCUT2D eigenvalue weighted by atomic mass is 16.5. The first kappa shape index (κ1) is 28.4. The standard InChI is InChI=1S/C33H42N2O5/c1-23(36)40-30-13-10-25(20-29(30)37)11-14-31-33(39)18-16-28(21-27(33)17-19-35(31)22-26-8-9-26)34(2)32(38)15-12-24-6-4-3-5-7-24/h3-7,10,12-13,15,20,26-28,31,37,39H,8-9,11,14,16-19,21-22H2,1-2H3/b15-12+/t27?,28?,31-,33?/m1/s1. The number of nitrogens with zero attached hydrogens (tertiary/aromatic N) is 2. The fourth-order valence-electron chi connectivity index (χ4n) is 6.78. The average Bonchev–Trinajstić information content (AvgIpc) is 3.76. The maximum atomic E-state index is 13.0. The average molecular weight is 547 g/mol. The second-order valence-electron chi connectivity index (χ2n) is 12.0. The van der Waals surface area contributed by atoms with Gasteiger partial charge in [0.2, 0.25) is 5.91 Å². The lowest BCUT2D eigenvalue weighted by Crippen LogP contribution is -2.64. The molecule has 1 aliphatic heterocycles. The number of aromatic hydroxyl groups is 1. The molecule has 0 bridgehead atoms. The van der Waals surface area contributed by atoms with Crippen molar-refractivity contribution in [3.8, 4) is 11.5 Å². The van der Waals surface area contributed by atoms with Crippen molar-refractivity contribution < 1.29 is 24.5 Å². The topological polar surface area (TPSA) is 90.3 Å². The van der Waals surface area contributed by atoms with Crippen molar-refractivity contribution >= 4 is 18.0 Å². The van der Waals surface area contributed by atoms with Gasteiger partial charge in [0.15, 0.2) is 11.5 Å². The zero-order chi connectivity index (χ0) is 28.3. The van der Waals surface area contributed by atoms with Crippen LogP contribution < -0.4 is 4.74 Å². The summed E-state index contributed by atoms with van der Waals surface area (Å²) in [6.07, 6.45) is 10.7. The van der Waals surface area contributed by atoms with Gasteiger partial charge in [0.25, 0.3) is 0 Å². The molecule has 214 valence electrons. The van der Waals surface area contributed by atoms with E-state index in [2.05, 4.69) is 4.90 Å². The maximum absolute atomic E-state index is 13.0. The highest BCUT2D eigenvalue weighted by molar-refractivity contribution is 5.91. The van der Waals surface area contributed by atoms with E-state index in [1.54, 1.807) is 18.2 Å². The summed E-state index contributed by atoms with van der Waals surface area (Å²) >= 11 is 0. The molecule has 40 heavy (non-hydrogen) atoms. The van der Waals surface area contributed by atoms with Gasteiger partial charge in [0, 0.05) is 38.7 Å². The smallest absolute Gasteiger partial charge is 0.308 e. The van der Waals surface area contributed by atoms with Crippen LogP contribution in [0.25, 0.3) is 6.08 Å². The number of phenols is 1. The number of carbonyl (C=O) groups excluding carboxylic acids is 2. The molecule has 0 spiro atoms. The van der Waals surface area contributed by atoms with Gasteiger partial charge >= 0.3 is 5.97 Å². The highest BCUT2D eigenvalue weighted by Crippen LogP contribution is 2.47. The molecular formula is C33H42N2O5. The number of ether oxygens (including phenoxy) is 1. The second-order valence-corrected chi connectivity index (χ2v) is 12.0. The Morgan fingerprint density at radius 3 is 2.60 bits per heavy atom. The quantitative estimate of drug-likeness (QED) is 0.267. The summed E-state index contributed by atoms with van der Waals surface area (Å²) in [6, 6.07) is 15.2. The molecule has 1 heterocycles. The summed E-state index contributed by atoms with van der Waals surface area (Å²) in [5.41, 5.74) is 1.16. The molecule has 0 radical (unpaired) electrons. The van der Waals surface area contributed by atoms with E-state index in [1.165, 1.54) is 19.8 Å². The minimum absolute atomic E-state index is 0.000908. The molecule has 2 saturated carbocycles. The van der Waals surface area contributed by atoms with Crippen LogP contribution in [-0.2, 0) is 16.0 Å². The number of piperidine rings is 1. The van der Waals surface area contributed by atoms with Gasteiger partial charge < -0.3 is 19.8 Å². The fourth-order valence-corrected chi connectivity index (χ4v) is 6.78. The van der Waals surface area contributed by atoms with Crippen molar-refractivity contribution in [2.45, 2.75) is 76.0 Å². The first-order valence-electron chi connectivity index (χ1n) is 14.7. The Hall–Kier alpha value is -3.16. The summed E-state index contributed by atoms with van der Waals surface area (Å²) in [7, 11) is 1.89. The van der Waals surface area contributed by atoms with Crippen molar-refractivity contribution in [1.29, 1.82) is 0 Å². The Bertz CT molecular complexity index is 1230. The van der Waals surface area contributed by atoms with E-state index in [0.29, 0.717) is 12.8 Å². The van der Waals surface area contributed by atoms with Crippen molar-refractivity contribution in [1.82, 2.24) is 9.80 Å². The summed E-state index contributed by atoms with van der Waals surface area (Å²) in [5, 5.41) is 22.6. The van der Waals surface area contributed by atoms with E-state index in [4.69, 9.17) is 4.74 Å². The normalized spacial score (nSPS) is 26.8. The highest BCUT2D eigenvalue weighted by Gasteiger charge is 2.52. The lowest BCUT2D eigenvalue weighted by molar-refractivity contribution is -0.157. The van der Waals surface area contributed by atoms with E-state index in [9.17, 15) is 19.8 Å². The van der Waals surface area contributed by atoms with Crippen LogP contribution in [0.5, 0.6) is 11.5 Å². The van der Waals surface area contributed by atoms with Gasteiger partial charge in [0.1, 0.15) is 0 Å². The molecule has 2 aromatic rings. The number of fused-ring (bicyclic) bond motifs is 1. The Labute approximate surface area is 237 Å². The van der Waals surface area contributed by atoms with Gasteiger partial charge in [-0.15, -0.1) is 0 Å². The van der Waals surface area contributed by atoms with Gasteiger partial charge in [-0.1, -0.05) is 36.4 Å². The molecule has 1 amide bonds. The van der Waals surface area contributed by atoms with Crippen LogP contribution >= 0.6 is 0 Å². The lowest BCUT2D eigenvalue weighted by Gasteiger charge is -2.56. The molecule has 0 aromatic heterocycles. The predicted octanol–water partition coefficient (Wildman–Crippen LogP) is 4.81. The number of likely N-dealkylation sites (tertiary alicyclic amines) is 1. The van der Waals surface area contributed by atoms with E-state index in [0.717, 1.165) is 55.8 Å². The second kappa shape index (κ2) is 12.1. The molecule has 3 aliphatic rings. The Balaban J connectivity index is 1.26. The summed E-state index contributed by atoms with van der Waals surface area (Å²) in [4.78, 5) is 28.6. The molecule has 4 atom stereocenters. The van der Waals surface area contributed by atoms with Crippen LogP contribution in [0.1, 0.15) is 63.0 Å². The zero-order valence-corrected chi connectivity index (χ0v) is 23.7. The SMILES string of the molecule is CC(=O)Oc1ccc(CC[C@H]2N(CC3CC3)CCC3CC(N(C)C(=O)/C=C/c4ccccc4)CCC32O)cc1O. The monoisotopic (exact) mass is 546 g/mol. The van der Waals surface area contributed by atoms with Crippen molar-refractivity contribution in [2.75, 3.05) is 20.1 Å². The van der Waals surface area contributed by atoms with Crippen LogP contribution in [0.15, 0.2) is 54.6 Å². The molecule has 2 aromatic carbocycles. The fraction of sp³-hybridized carbons (Fsp3) is 0.515. The van der Waals surface area contributed by atoms with Gasteiger partial charge in [-0.05, 0) is 99.1 Å². The summed E-state index contributed by atoms with van der Waals surface area (Å²) < 4.78 is 5.06. The van der Waals surface area contributed by atoms with Crippen LogP contribution in [0.3, 0.4) is 0 Å². The molecule has 3 unspecified atom stereocenters. The van der Waals surface area contributed by atoms with Crippen LogP contribution in [0, 0.1) is 11.8 Å². The van der Waals surface area contributed by atoms with Gasteiger partial charge in [-0.25, -0.2) is 0 Å². The molecule has 1 saturated heterocycles. The molecule has 7 heteroatoms. The first-order valence-corrected chi connectivity index (χ1v) is 14.7. The number of aryl methyl sites for hydroxylation is 1. The number of amides is 1. The number of hydrogen-bond acceptors (Lipinski definition) is 6. The third-order valence-corrected chi connectivity index (χ3v) is 9.21. The van der Waals surface area contributed by atoms with Crippen molar-refractivity contribution in [2.24, 2.45) is 11.8 Å². The van der Waals surface area contributed by atoms with E-state index in [1.807, 2.05) is 54.4 Å². The maximum Gasteiger partial charge on any atom is 0.308 e. The molecule has 2 aliphatic carbocycles. The van der Waals surface area contributed by atoms with Gasteiger partial charge in [-0.2, -0.15) is 0 Å². The lowest BCUT2D eigenvalue weighted by atomic mass is 9.64. The summed E-state index contributed by atoms with van der Waals surface area (Å²) in [5.74, 6) is 0.519. The molecule has 2 N–H and O–H groups in total. The Morgan fingerprint density at radius 1 is 1.12 bits per heavy atom. The van der Waals surface area contributed by atoms with Gasteiger partial charge in [-0.3, -0.25) is 14.5 Å². The number of likely N-dealkylation sites (N-methyl/N-ethyl adjacent to an activating group) is 1. The predicted molar refractivity (Wildman–Crippen MR) is 155 cm³/mol. The van der Waals surface area contributed by atoms with Crippen molar-refractivity contribution in [3.05, 3.63) is 65.7 Å². The third-order valence-electron chi connectivity index (χ3n) is 9.21. The number of esters is 1. The largest absolute Gasteiger partial charge is 0.504 e. The van der Waals surface area contributed by atoms with E-state index in [-0.39, 0.29) is 35.4 Å². The van der Waals surface area contributed by atoms with Crippen molar-refractivity contribution in [3.63, 3.8) is 0 Å². The Kier molecular flexibility index (Phi) is 8.62. The van der Waals surface area contributed by atoms with E-state index >= 15 is 0 Å². The number of aliphatic hydroxyl groups is 1. The number of benzene rings is 2. The number of carbonyl (C=O) groups is 2. The number of rotatable bonds is 9. The van der Waals surface area contributed by atoms with Crippen LogP contribution in [-0.4, -0.2) is 69.7 Å². The Morgan fingerprint density at radius 2 is 1.90 bits per heavy atom. The number of hydrogen-bond donors (Lipinski definition) is 2. The van der Waals surface area contributed by atoms with Crippen LogP contribution in [0.2, 0.25) is 0 Å².